The zero-order chi connectivity index (χ0) is 17.2. The van der Waals surface area contributed by atoms with Crippen LogP contribution in [0, 0.1) is 5.92 Å². The minimum atomic E-state index is -0.320. The van der Waals surface area contributed by atoms with Crippen LogP contribution in [0.1, 0.15) is 36.8 Å². The summed E-state index contributed by atoms with van der Waals surface area (Å²) in [5.41, 5.74) is 2.76. The highest BCUT2D eigenvalue weighted by Crippen LogP contribution is 2.32. The van der Waals surface area contributed by atoms with Gasteiger partial charge in [0.1, 0.15) is 5.75 Å². The third-order valence-corrected chi connectivity index (χ3v) is 5.94. The summed E-state index contributed by atoms with van der Waals surface area (Å²) < 4.78 is 11.4. The third-order valence-electron chi connectivity index (χ3n) is 5.94. The number of benzene rings is 1. The Labute approximate surface area is 148 Å². The fraction of sp³-hybridized carbons (Fsp3) is 0.650. The van der Waals surface area contributed by atoms with Crippen molar-refractivity contribution in [3.8, 4) is 5.75 Å². The lowest BCUT2D eigenvalue weighted by atomic mass is 9.94. The minimum absolute atomic E-state index is 0.00658. The number of aryl methyl sites for hydroxylation is 2. The van der Waals surface area contributed by atoms with Crippen LogP contribution in [0.25, 0.3) is 0 Å². The van der Waals surface area contributed by atoms with Crippen molar-refractivity contribution in [2.24, 2.45) is 5.92 Å². The molecule has 1 heterocycles. The maximum Gasteiger partial charge on any atom is 0.260 e. The van der Waals surface area contributed by atoms with E-state index in [0.717, 1.165) is 37.9 Å². The molecular weight excluding hydrogens is 318 g/mol. The molecule has 1 amide bonds. The number of morpholine rings is 1. The standard InChI is InChI=1S/C20H27NO4/c22-19-6-2-5-17(19)18-12-24-10-9-21(18)20(23)13-25-16-8-7-14-3-1-4-15(14)11-16/h7-8,11,17-19,22H,1-6,9-10,12-13H2/t17-,18-,19-/m1/s1. The van der Waals surface area contributed by atoms with Gasteiger partial charge < -0.3 is 19.5 Å². The van der Waals surface area contributed by atoms with Crippen LogP contribution in [0.5, 0.6) is 5.75 Å². The van der Waals surface area contributed by atoms with E-state index in [9.17, 15) is 9.90 Å². The normalized spacial score (nSPS) is 28.8. The van der Waals surface area contributed by atoms with E-state index in [1.54, 1.807) is 0 Å². The van der Waals surface area contributed by atoms with Crippen molar-refractivity contribution in [3.63, 3.8) is 0 Å². The number of amides is 1. The van der Waals surface area contributed by atoms with Crippen molar-refractivity contribution in [3.05, 3.63) is 29.3 Å². The van der Waals surface area contributed by atoms with Crippen molar-refractivity contribution < 1.29 is 19.4 Å². The summed E-state index contributed by atoms with van der Waals surface area (Å²) >= 11 is 0. The van der Waals surface area contributed by atoms with Crippen LogP contribution in [0.3, 0.4) is 0 Å². The maximum absolute atomic E-state index is 12.7. The summed E-state index contributed by atoms with van der Waals surface area (Å²) in [5.74, 6) is 0.900. The van der Waals surface area contributed by atoms with Crippen LogP contribution in [0.4, 0.5) is 0 Å². The monoisotopic (exact) mass is 345 g/mol. The van der Waals surface area contributed by atoms with Crippen LogP contribution in [0.15, 0.2) is 18.2 Å². The third kappa shape index (κ3) is 3.53. The largest absolute Gasteiger partial charge is 0.484 e. The first kappa shape index (κ1) is 16.9. The van der Waals surface area contributed by atoms with Gasteiger partial charge in [-0.15, -0.1) is 0 Å². The van der Waals surface area contributed by atoms with E-state index in [2.05, 4.69) is 12.1 Å². The Balaban J connectivity index is 1.39. The van der Waals surface area contributed by atoms with Gasteiger partial charge in [0.05, 0.1) is 25.4 Å². The van der Waals surface area contributed by atoms with Crippen molar-refractivity contribution in [2.45, 2.75) is 50.7 Å². The highest BCUT2D eigenvalue weighted by molar-refractivity contribution is 5.78. The van der Waals surface area contributed by atoms with Crippen LogP contribution in [-0.4, -0.2) is 54.4 Å². The van der Waals surface area contributed by atoms with Gasteiger partial charge in [0.2, 0.25) is 0 Å². The van der Waals surface area contributed by atoms with Gasteiger partial charge in [0.25, 0.3) is 5.91 Å². The Hall–Kier alpha value is -1.59. The van der Waals surface area contributed by atoms with Crippen molar-refractivity contribution >= 4 is 5.91 Å². The summed E-state index contributed by atoms with van der Waals surface area (Å²) in [6.45, 7) is 1.72. The molecular formula is C20H27NO4. The molecule has 5 heteroatoms. The Morgan fingerprint density at radius 1 is 1.24 bits per heavy atom. The molecule has 3 atom stereocenters. The summed E-state index contributed by atoms with van der Waals surface area (Å²) in [6, 6.07) is 6.14. The van der Waals surface area contributed by atoms with Crippen molar-refractivity contribution in [1.29, 1.82) is 0 Å². The number of carbonyl (C=O) groups is 1. The molecule has 1 saturated heterocycles. The molecule has 0 unspecified atom stereocenters. The Morgan fingerprint density at radius 2 is 2.12 bits per heavy atom. The number of ether oxygens (including phenoxy) is 2. The topological polar surface area (TPSA) is 59.0 Å². The van der Waals surface area contributed by atoms with E-state index in [0.29, 0.717) is 19.8 Å². The lowest BCUT2D eigenvalue weighted by molar-refractivity contribution is -0.146. The number of aliphatic hydroxyl groups excluding tert-OH is 1. The van der Waals surface area contributed by atoms with Gasteiger partial charge in [-0.3, -0.25) is 4.79 Å². The predicted octanol–water partition coefficient (Wildman–Crippen LogP) is 1.94. The van der Waals surface area contributed by atoms with Crippen LogP contribution in [-0.2, 0) is 22.4 Å². The number of nitrogens with zero attached hydrogens (tertiary/aromatic N) is 1. The van der Waals surface area contributed by atoms with Gasteiger partial charge in [0, 0.05) is 12.5 Å². The van der Waals surface area contributed by atoms with E-state index < -0.39 is 0 Å². The van der Waals surface area contributed by atoms with Crippen LogP contribution in [0.2, 0.25) is 0 Å². The van der Waals surface area contributed by atoms with E-state index in [-0.39, 0.29) is 30.6 Å². The Morgan fingerprint density at radius 3 is 2.96 bits per heavy atom. The highest BCUT2D eigenvalue weighted by Gasteiger charge is 2.39. The Bertz CT molecular complexity index is 632. The zero-order valence-electron chi connectivity index (χ0n) is 14.7. The quantitative estimate of drug-likeness (QED) is 0.906. The summed E-state index contributed by atoms with van der Waals surface area (Å²) in [4.78, 5) is 14.6. The zero-order valence-corrected chi connectivity index (χ0v) is 14.7. The highest BCUT2D eigenvalue weighted by atomic mass is 16.5. The molecule has 0 spiro atoms. The van der Waals surface area contributed by atoms with Crippen LogP contribution >= 0.6 is 0 Å². The molecule has 5 nitrogen and oxygen atoms in total. The molecule has 1 N–H and O–H groups in total. The fourth-order valence-electron chi connectivity index (χ4n) is 4.57. The average Bonchev–Trinajstić information content (AvgIpc) is 3.27. The second-order valence-electron chi connectivity index (χ2n) is 7.46. The SMILES string of the molecule is O=C(COc1ccc2c(c1)CCC2)N1CCOC[C@@H]1[C@H]1CCC[C@H]1O. The molecule has 1 saturated carbocycles. The number of carbonyl (C=O) groups excluding carboxylic acids is 1. The van der Waals surface area contributed by atoms with Gasteiger partial charge >= 0.3 is 0 Å². The summed E-state index contributed by atoms with van der Waals surface area (Å²) in [5, 5.41) is 10.2. The van der Waals surface area contributed by atoms with Crippen molar-refractivity contribution in [2.75, 3.05) is 26.4 Å². The molecule has 0 bridgehead atoms. The summed E-state index contributed by atoms with van der Waals surface area (Å²) in [6.07, 6.45) is 5.95. The lowest BCUT2D eigenvalue weighted by Gasteiger charge is -2.40. The fourth-order valence-corrected chi connectivity index (χ4v) is 4.57. The van der Waals surface area contributed by atoms with Gasteiger partial charge in [0.15, 0.2) is 6.61 Å². The van der Waals surface area contributed by atoms with Gasteiger partial charge in [-0.1, -0.05) is 12.5 Å². The Kier molecular flexibility index (Phi) is 4.95. The minimum Gasteiger partial charge on any atom is -0.484 e. The van der Waals surface area contributed by atoms with Crippen molar-refractivity contribution in [1.82, 2.24) is 4.90 Å². The van der Waals surface area contributed by atoms with Gasteiger partial charge in [-0.05, 0) is 55.4 Å². The molecule has 3 aliphatic rings. The number of fused-ring (bicyclic) bond motifs is 1. The molecule has 2 aliphatic carbocycles. The number of rotatable bonds is 4. The molecule has 136 valence electrons. The summed E-state index contributed by atoms with van der Waals surface area (Å²) in [7, 11) is 0. The first-order chi connectivity index (χ1) is 12.2. The second-order valence-corrected chi connectivity index (χ2v) is 7.46. The first-order valence-corrected chi connectivity index (χ1v) is 9.52. The average molecular weight is 345 g/mol. The number of hydrogen-bond donors (Lipinski definition) is 1. The number of aliphatic hydroxyl groups is 1. The van der Waals surface area contributed by atoms with E-state index >= 15 is 0 Å². The van der Waals surface area contributed by atoms with Crippen LogP contribution < -0.4 is 4.74 Å². The molecule has 2 fully saturated rings. The molecule has 1 aromatic carbocycles. The first-order valence-electron chi connectivity index (χ1n) is 9.52. The van der Waals surface area contributed by atoms with E-state index in [1.165, 1.54) is 17.5 Å². The molecule has 0 radical (unpaired) electrons. The predicted molar refractivity (Wildman–Crippen MR) is 93.6 cm³/mol. The lowest BCUT2D eigenvalue weighted by Crippen LogP contribution is -2.54. The van der Waals surface area contributed by atoms with Gasteiger partial charge in [-0.25, -0.2) is 0 Å². The van der Waals surface area contributed by atoms with E-state index in [4.69, 9.17) is 9.47 Å². The smallest absolute Gasteiger partial charge is 0.260 e. The maximum atomic E-state index is 12.7. The number of hydrogen-bond acceptors (Lipinski definition) is 4. The second kappa shape index (κ2) is 7.34. The molecule has 0 aromatic heterocycles. The molecule has 1 aliphatic heterocycles. The molecule has 25 heavy (non-hydrogen) atoms. The van der Waals surface area contributed by atoms with E-state index in [1.807, 2.05) is 11.0 Å². The molecule has 4 rings (SSSR count). The molecule has 1 aromatic rings. The van der Waals surface area contributed by atoms with Gasteiger partial charge in [-0.2, -0.15) is 0 Å².